The number of aromatic nitrogens is 1. The molecule has 0 radical (unpaired) electrons. The minimum absolute atomic E-state index is 0.244. The first-order valence-electron chi connectivity index (χ1n) is 9.20. The highest BCUT2D eigenvalue weighted by atomic mass is 19.1. The summed E-state index contributed by atoms with van der Waals surface area (Å²) in [6.45, 7) is 0. The van der Waals surface area contributed by atoms with E-state index in [0.717, 1.165) is 40.7 Å². The van der Waals surface area contributed by atoms with E-state index < -0.39 is 5.97 Å². The standard InChI is InChI=1S/C22H21FN2O2/c1-25(18-4-2-3-5-18)20-13-16-12-15(22(26)27)8-11-19(16)24-21(20)14-6-9-17(23)10-7-14/h6-13,18H,2-5H2,1H3,(H,26,27). The fourth-order valence-corrected chi connectivity index (χ4v) is 3.88. The van der Waals surface area contributed by atoms with Crippen LogP contribution < -0.4 is 4.90 Å². The number of aromatic carboxylic acids is 1. The third kappa shape index (κ3) is 3.37. The number of pyridine rings is 1. The molecule has 1 aromatic heterocycles. The highest BCUT2D eigenvalue weighted by Crippen LogP contribution is 2.36. The molecule has 1 heterocycles. The first kappa shape index (κ1) is 17.5. The number of benzene rings is 2. The lowest BCUT2D eigenvalue weighted by Crippen LogP contribution is -2.29. The van der Waals surface area contributed by atoms with Gasteiger partial charge in [0, 0.05) is 24.0 Å². The average molecular weight is 364 g/mol. The second-order valence-electron chi connectivity index (χ2n) is 7.12. The smallest absolute Gasteiger partial charge is 0.335 e. The molecule has 4 nitrogen and oxygen atoms in total. The summed E-state index contributed by atoms with van der Waals surface area (Å²) in [6.07, 6.45) is 4.69. The number of halogens is 1. The molecular weight excluding hydrogens is 343 g/mol. The van der Waals surface area contributed by atoms with Crippen LogP contribution in [0.25, 0.3) is 22.2 Å². The summed E-state index contributed by atoms with van der Waals surface area (Å²) < 4.78 is 13.4. The summed E-state index contributed by atoms with van der Waals surface area (Å²) >= 11 is 0. The van der Waals surface area contributed by atoms with E-state index >= 15 is 0 Å². The highest BCUT2D eigenvalue weighted by Gasteiger charge is 2.23. The van der Waals surface area contributed by atoms with Gasteiger partial charge in [0.1, 0.15) is 5.82 Å². The van der Waals surface area contributed by atoms with E-state index in [1.54, 1.807) is 30.3 Å². The minimum atomic E-state index is -0.954. The number of carbonyl (C=O) groups is 1. The van der Waals surface area contributed by atoms with Crippen molar-refractivity contribution in [1.29, 1.82) is 0 Å². The molecule has 3 aromatic rings. The van der Waals surface area contributed by atoms with Crippen molar-refractivity contribution in [3.63, 3.8) is 0 Å². The van der Waals surface area contributed by atoms with Crippen LogP contribution >= 0.6 is 0 Å². The Morgan fingerprint density at radius 3 is 2.48 bits per heavy atom. The van der Waals surface area contributed by atoms with E-state index in [9.17, 15) is 14.3 Å². The predicted octanol–water partition coefficient (Wildman–Crippen LogP) is 5.12. The summed E-state index contributed by atoms with van der Waals surface area (Å²) in [5, 5.41) is 10.1. The molecule has 27 heavy (non-hydrogen) atoms. The lowest BCUT2D eigenvalue weighted by molar-refractivity contribution is 0.0697. The Kier molecular flexibility index (Phi) is 4.52. The molecule has 2 aromatic carbocycles. The van der Waals surface area contributed by atoms with Gasteiger partial charge in [-0.25, -0.2) is 14.2 Å². The van der Waals surface area contributed by atoms with Gasteiger partial charge in [0.25, 0.3) is 0 Å². The molecule has 1 aliphatic rings. The lowest BCUT2D eigenvalue weighted by atomic mass is 10.0. The van der Waals surface area contributed by atoms with Crippen molar-refractivity contribution in [3.8, 4) is 11.3 Å². The second-order valence-corrected chi connectivity index (χ2v) is 7.12. The molecule has 5 heteroatoms. The van der Waals surface area contributed by atoms with Crippen LogP contribution in [0.2, 0.25) is 0 Å². The summed E-state index contributed by atoms with van der Waals surface area (Å²) in [6, 6.07) is 13.7. The first-order chi connectivity index (χ1) is 13.0. The average Bonchev–Trinajstić information content (AvgIpc) is 3.21. The number of fused-ring (bicyclic) bond motifs is 1. The Balaban J connectivity index is 1.90. The quantitative estimate of drug-likeness (QED) is 0.698. The largest absolute Gasteiger partial charge is 0.478 e. The third-order valence-electron chi connectivity index (χ3n) is 5.41. The molecule has 4 rings (SSSR count). The molecule has 0 atom stereocenters. The third-order valence-corrected chi connectivity index (χ3v) is 5.41. The number of nitrogens with zero attached hydrogens (tertiary/aromatic N) is 2. The maximum absolute atomic E-state index is 13.4. The maximum atomic E-state index is 13.4. The van der Waals surface area contributed by atoms with E-state index in [-0.39, 0.29) is 11.4 Å². The van der Waals surface area contributed by atoms with Crippen molar-refractivity contribution in [2.75, 3.05) is 11.9 Å². The Morgan fingerprint density at radius 2 is 1.81 bits per heavy atom. The van der Waals surface area contributed by atoms with Crippen LogP contribution in [0.3, 0.4) is 0 Å². The molecule has 1 aliphatic carbocycles. The van der Waals surface area contributed by atoms with Gasteiger partial charge in [0.15, 0.2) is 0 Å². The van der Waals surface area contributed by atoms with E-state index in [1.165, 1.54) is 25.0 Å². The Labute approximate surface area is 157 Å². The van der Waals surface area contributed by atoms with Crippen molar-refractivity contribution in [2.45, 2.75) is 31.7 Å². The zero-order chi connectivity index (χ0) is 19.0. The zero-order valence-electron chi connectivity index (χ0n) is 15.2. The molecule has 0 amide bonds. The predicted molar refractivity (Wildman–Crippen MR) is 105 cm³/mol. The molecule has 1 saturated carbocycles. The van der Waals surface area contributed by atoms with Crippen molar-refractivity contribution in [2.24, 2.45) is 0 Å². The van der Waals surface area contributed by atoms with Crippen LogP contribution in [0.4, 0.5) is 10.1 Å². The van der Waals surface area contributed by atoms with Gasteiger partial charge in [-0.05, 0) is 61.4 Å². The van der Waals surface area contributed by atoms with E-state index in [4.69, 9.17) is 4.98 Å². The maximum Gasteiger partial charge on any atom is 0.335 e. The first-order valence-corrected chi connectivity index (χ1v) is 9.20. The van der Waals surface area contributed by atoms with Crippen molar-refractivity contribution < 1.29 is 14.3 Å². The lowest BCUT2D eigenvalue weighted by Gasteiger charge is -2.28. The van der Waals surface area contributed by atoms with Crippen LogP contribution in [0.5, 0.6) is 0 Å². The molecule has 1 fully saturated rings. The minimum Gasteiger partial charge on any atom is -0.478 e. The van der Waals surface area contributed by atoms with Gasteiger partial charge >= 0.3 is 5.97 Å². The molecule has 0 bridgehead atoms. The fraction of sp³-hybridized carbons (Fsp3) is 0.273. The molecule has 0 saturated heterocycles. The molecule has 1 N–H and O–H groups in total. The van der Waals surface area contributed by atoms with Gasteiger partial charge in [-0.15, -0.1) is 0 Å². The zero-order valence-corrected chi connectivity index (χ0v) is 15.2. The molecule has 138 valence electrons. The SMILES string of the molecule is CN(c1cc2cc(C(=O)O)ccc2nc1-c1ccc(F)cc1)C1CCCC1. The summed E-state index contributed by atoms with van der Waals surface area (Å²) in [7, 11) is 2.06. The molecular formula is C22H21FN2O2. The van der Waals surface area contributed by atoms with Gasteiger partial charge < -0.3 is 10.0 Å². The summed E-state index contributed by atoms with van der Waals surface area (Å²) in [5.74, 6) is -1.23. The topological polar surface area (TPSA) is 53.4 Å². The fourth-order valence-electron chi connectivity index (χ4n) is 3.88. The monoisotopic (exact) mass is 364 g/mol. The van der Waals surface area contributed by atoms with Crippen LogP contribution in [0.15, 0.2) is 48.5 Å². The van der Waals surface area contributed by atoms with Crippen LogP contribution in [-0.4, -0.2) is 29.1 Å². The number of carboxylic acids is 1. The van der Waals surface area contributed by atoms with Crippen LogP contribution in [0.1, 0.15) is 36.0 Å². The Hall–Kier alpha value is -2.95. The normalized spacial score (nSPS) is 14.6. The molecule has 0 unspecified atom stereocenters. The van der Waals surface area contributed by atoms with Crippen LogP contribution in [0, 0.1) is 5.82 Å². The number of hydrogen-bond acceptors (Lipinski definition) is 3. The van der Waals surface area contributed by atoms with Gasteiger partial charge in [0.2, 0.25) is 0 Å². The Bertz CT molecular complexity index is 995. The second kappa shape index (κ2) is 6.99. The van der Waals surface area contributed by atoms with Crippen molar-refractivity contribution in [3.05, 3.63) is 59.9 Å². The number of anilines is 1. The van der Waals surface area contributed by atoms with Gasteiger partial charge in [-0.2, -0.15) is 0 Å². The van der Waals surface area contributed by atoms with E-state index in [1.807, 2.05) is 6.07 Å². The van der Waals surface area contributed by atoms with E-state index in [2.05, 4.69) is 11.9 Å². The Morgan fingerprint density at radius 1 is 1.11 bits per heavy atom. The number of hydrogen-bond donors (Lipinski definition) is 1. The summed E-state index contributed by atoms with van der Waals surface area (Å²) in [5.41, 5.74) is 3.56. The molecule has 0 spiro atoms. The van der Waals surface area contributed by atoms with Crippen molar-refractivity contribution in [1.82, 2.24) is 4.98 Å². The van der Waals surface area contributed by atoms with Gasteiger partial charge in [-0.1, -0.05) is 12.8 Å². The highest BCUT2D eigenvalue weighted by molar-refractivity contribution is 5.96. The molecule has 0 aliphatic heterocycles. The number of rotatable bonds is 4. The van der Waals surface area contributed by atoms with Gasteiger partial charge in [-0.3, -0.25) is 0 Å². The van der Waals surface area contributed by atoms with E-state index in [0.29, 0.717) is 6.04 Å². The van der Waals surface area contributed by atoms with Gasteiger partial charge in [0.05, 0.1) is 22.5 Å². The van der Waals surface area contributed by atoms with Crippen molar-refractivity contribution >= 4 is 22.6 Å². The van der Waals surface area contributed by atoms with Crippen LogP contribution in [-0.2, 0) is 0 Å². The summed E-state index contributed by atoms with van der Waals surface area (Å²) in [4.78, 5) is 18.4. The number of carboxylic acid groups (broad SMARTS) is 1.